The molecule has 1 heterocycles. The maximum absolute atomic E-state index is 11.2. The number of nitrogens with one attached hydrogen (secondary N) is 2. The van der Waals surface area contributed by atoms with E-state index in [-0.39, 0.29) is 12.1 Å². The fourth-order valence-electron chi connectivity index (χ4n) is 1.72. The zero-order chi connectivity index (χ0) is 13.1. The topological polar surface area (TPSA) is 108 Å². The van der Waals surface area contributed by atoms with E-state index in [1.54, 1.807) is 18.2 Å². The number of rotatable bonds is 4. The molecule has 0 aliphatic carbocycles. The van der Waals surface area contributed by atoms with Crippen molar-refractivity contribution < 1.29 is 9.90 Å². The van der Waals surface area contributed by atoms with Crippen LogP contribution >= 0.6 is 0 Å². The molecule has 0 aliphatic heterocycles. The molecule has 0 saturated heterocycles. The minimum absolute atomic E-state index is 0.127. The minimum atomic E-state index is -1.03. The Kier molecular flexibility index (Phi) is 3.13. The first kappa shape index (κ1) is 11.9. The summed E-state index contributed by atoms with van der Waals surface area (Å²) in [5.41, 5.74) is -0.310. The van der Waals surface area contributed by atoms with Gasteiger partial charge in [0, 0.05) is 6.54 Å². The second-order valence-electron chi connectivity index (χ2n) is 3.72. The van der Waals surface area contributed by atoms with Gasteiger partial charge in [0.05, 0.1) is 5.56 Å². The normalized spacial score (nSPS) is 10.4. The van der Waals surface area contributed by atoms with Crippen molar-refractivity contribution in [1.29, 1.82) is 0 Å². The lowest BCUT2D eigenvalue weighted by atomic mass is 10.0. The zero-order valence-electron chi connectivity index (χ0n) is 9.34. The third-order valence-corrected chi connectivity index (χ3v) is 2.62. The number of aromatic amines is 2. The van der Waals surface area contributed by atoms with Gasteiger partial charge in [0.2, 0.25) is 0 Å². The van der Waals surface area contributed by atoms with Crippen LogP contribution in [0.25, 0.3) is 0 Å². The van der Waals surface area contributed by atoms with Gasteiger partial charge in [-0.1, -0.05) is 18.2 Å². The van der Waals surface area contributed by atoms with E-state index in [9.17, 15) is 14.4 Å². The summed E-state index contributed by atoms with van der Waals surface area (Å²) in [7, 11) is 0. The van der Waals surface area contributed by atoms with E-state index in [0.717, 1.165) is 4.57 Å². The highest BCUT2D eigenvalue weighted by atomic mass is 16.4. The highest BCUT2D eigenvalue weighted by Gasteiger charge is 2.10. The molecule has 0 amide bonds. The third kappa shape index (κ3) is 2.24. The molecule has 18 heavy (non-hydrogen) atoms. The Bertz CT molecular complexity index is 652. The van der Waals surface area contributed by atoms with Crippen LogP contribution in [0.2, 0.25) is 0 Å². The van der Waals surface area contributed by atoms with Crippen molar-refractivity contribution in [3.05, 3.63) is 56.4 Å². The quantitative estimate of drug-likeness (QED) is 0.697. The van der Waals surface area contributed by atoms with Crippen LogP contribution < -0.4 is 11.4 Å². The lowest BCUT2D eigenvalue weighted by molar-refractivity contribution is 0.0695. The molecule has 0 radical (unpaired) electrons. The van der Waals surface area contributed by atoms with E-state index in [1.165, 1.54) is 6.07 Å². The first-order valence-corrected chi connectivity index (χ1v) is 5.28. The Morgan fingerprint density at radius 2 is 1.78 bits per heavy atom. The number of nitrogens with zero attached hydrogens (tertiary/aromatic N) is 1. The van der Waals surface area contributed by atoms with E-state index >= 15 is 0 Å². The van der Waals surface area contributed by atoms with Crippen LogP contribution in [0.4, 0.5) is 0 Å². The molecule has 7 nitrogen and oxygen atoms in total. The maximum Gasteiger partial charge on any atom is 0.344 e. The van der Waals surface area contributed by atoms with E-state index < -0.39 is 17.3 Å². The predicted molar refractivity (Wildman–Crippen MR) is 62.8 cm³/mol. The number of hydrogen-bond acceptors (Lipinski definition) is 3. The Balaban J connectivity index is 2.24. The smallest absolute Gasteiger partial charge is 0.344 e. The summed E-state index contributed by atoms with van der Waals surface area (Å²) in [6.45, 7) is 0.127. The summed E-state index contributed by atoms with van der Waals surface area (Å²) in [5, 5.41) is 13.3. The Morgan fingerprint density at radius 1 is 1.17 bits per heavy atom. The second kappa shape index (κ2) is 4.74. The van der Waals surface area contributed by atoms with Crippen LogP contribution in [0, 0.1) is 0 Å². The Labute approximate surface area is 101 Å². The molecule has 1 aromatic heterocycles. The van der Waals surface area contributed by atoms with Gasteiger partial charge in [-0.05, 0) is 18.1 Å². The van der Waals surface area contributed by atoms with E-state index in [4.69, 9.17) is 5.11 Å². The SMILES string of the molecule is O=C(O)c1ccccc1CCn1c(=O)[nH][nH]c1=O. The fraction of sp³-hybridized carbons (Fsp3) is 0.182. The lowest BCUT2D eigenvalue weighted by Crippen LogP contribution is -2.27. The fourth-order valence-corrected chi connectivity index (χ4v) is 1.72. The summed E-state index contributed by atoms with van der Waals surface area (Å²) in [5.74, 6) is -1.03. The molecular formula is C11H11N3O4. The first-order valence-electron chi connectivity index (χ1n) is 5.28. The van der Waals surface area contributed by atoms with Crippen LogP contribution in [0.1, 0.15) is 15.9 Å². The van der Waals surface area contributed by atoms with Gasteiger partial charge in [0.25, 0.3) is 0 Å². The Hall–Kier alpha value is -2.57. The summed E-state index contributed by atoms with van der Waals surface area (Å²) in [6.07, 6.45) is 0.295. The van der Waals surface area contributed by atoms with Crippen LogP contribution in [0.5, 0.6) is 0 Å². The molecule has 0 saturated carbocycles. The molecule has 2 aromatic rings. The second-order valence-corrected chi connectivity index (χ2v) is 3.72. The van der Waals surface area contributed by atoms with Gasteiger partial charge >= 0.3 is 17.3 Å². The van der Waals surface area contributed by atoms with Crippen molar-refractivity contribution in [3.8, 4) is 0 Å². The molecular weight excluding hydrogens is 238 g/mol. The van der Waals surface area contributed by atoms with Gasteiger partial charge in [-0.25, -0.2) is 29.1 Å². The monoisotopic (exact) mass is 249 g/mol. The van der Waals surface area contributed by atoms with Crippen molar-refractivity contribution in [2.24, 2.45) is 0 Å². The number of carboxylic acids is 1. The van der Waals surface area contributed by atoms with Crippen molar-refractivity contribution in [3.63, 3.8) is 0 Å². The summed E-state index contributed by atoms with van der Waals surface area (Å²) < 4.78 is 0.985. The number of carboxylic acid groups (broad SMARTS) is 1. The van der Waals surface area contributed by atoms with Crippen LogP contribution in [0.15, 0.2) is 33.9 Å². The molecule has 94 valence electrons. The molecule has 0 fully saturated rings. The first-order chi connectivity index (χ1) is 8.59. The number of aromatic carboxylic acids is 1. The molecule has 0 bridgehead atoms. The van der Waals surface area contributed by atoms with E-state index in [2.05, 4.69) is 10.2 Å². The average Bonchev–Trinajstić information content (AvgIpc) is 2.67. The predicted octanol–water partition coefficient (Wildman–Crippen LogP) is -0.194. The molecule has 0 unspecified atom stereocenters. The molecule has 7 heteroatoms. The average molecular weight is 249 g/mol. The van der Waals surface area contributed by atoms with Crippen LogP contribution in [-0.2, 0) is 13.0 Å². The number of aromatic nitrogens is 3. The lowest BCUT2D eigenvalue weighted by Gasteiger charge is -2.04. The standard InChI is InChI=1S/C11H11N3O4/c15-9(16)8-4-2-1-3-7(8)5-6-14-10(17)12-13-11(14)18/h1-4H,5-6H2,(H,12,17)(H,13,18)(H,15,16). The molecule has 0 spiro atoms. The number of hydrogen-bond donors (Lipinski definition) is 3. The number of aryl methyl sites for hydroxylation is 1. The van der Waals surface area contributed by atoms with E-state index in [0.29, 0.717) is 12.0 Å². The summed E-state index contributed by atoms with van der Waals surface area (Å²) >= 11 is 0. The summed E-state index contributed by atoms with van der Waals surface area (Å²) in [4.78, 5) is 33.5. The van der Waals surface area contributed by atoms with Crippen molar-refractivity contribution in [2.45, 2.75) is 13.0 Å². The van der Waals surface area contributed by atoms with Gasteiger partial charge in [-0.15, -0.1) is 0 Å². The van der Waals surface area contributed by atoms with Crippen molar-refractivity contribution in [1.82, 2.24) is 14.8 Å². The van der Waals surface area contributed by atoms with Gasteiger partial charge in [0.1, 0.15) is 0 Å². The molecule has 2 rings (SSSR count). The third-order valence-electron chi connectivity index (χ3n) is 2.62. The van der Waals surface area contributed by atoms with Crippen molar-refractivity contribution in [2.75, 3.05) is 0 Å². The van der Waals surface area contributed by atoms with E-state index in [1.807, 2.05) is 0 Å². The Morgan fingerprint density at radius 3 is 2.39 bits per heavy atom. The van der Waals surface area contributed by atoms with Crippen LogP contribution in [-0.4, -0.2) is 25.8 Å². The highest BCUT2D eigenvalue weighted by molar-refractivity contribution is 5.89. The van der Waals surface area contributed by atoms with Gasteiger partial charge in [0.15, 0.2) is 0 Å². The molecule has 0 atom stereocenters. The van der Waals surface area contributed by atoms with Gasteiger partial charge < -0.3 is 5.11 Å². The zero-order valence-corrected chi connectivity index (χ0v) is 9.34. The maximum atomic E-state index is 11.2. The number of carbonyl (C=O) groups is 1. The van der Waals surface area contributed by atoms with Crippen molar-refractivity contribution >= 4 is 5.97 Å². The summed E-state index contributed by atoms with van der Waals surface area (Å²) in [6, 6.07) is 6.49. The van der Waals surface area contributed by atoms with Crippen LogP contribution in [0.3, 0.4) is 0 Å². The number of H-pyrrole nitrogens is 2. The number of benzene rings is 1. The minimum Gasteiger partial charge on any atom is -0.478 e. The molecule has 1 aromatic carbocycles. The molecule has 0 aliphatic rings. The highest BCUT2D eigenvalue weighted by Crippen LogP contribution is 2.09. The largest absolute Gasteiger partial charge is 0.478 e. The molecule has 3 N–H and O–H groups in total. The van der Waals surface area contributed by atoms with Gasteiger partial charge in [-0.3, -0.25) is 0 Å². The van der Waals surface area contributed by atoms with Gasteiger partial charge in [-0.2, -0.15) is 0 Å².